The summed E-state index contributed by atoms with van der Waals surface area (Å²) in [6.07, 6.45) is 12.3. The molecule has 32 heavy (non-hydrogen) atoms. The summed E-state index contributed by atoms with van der Waals surface area (Å²) >= 11 is 0. The highest BCUT2D eigenvalue weighted by molar-refractivity contribution is 5.85. The lowest BCUT2D eigenvalue weighted by molar-refractivity contribution is -0.162. The summed E-state index contributed by atoms with van der Waals surface area (Å²) in [4.78, 5) is 25.8. The number of Topliss-reactive ketones (excluding diaryl/α,β-unsaturated/α-hetero) is 1. The topological polar surface area (TPSA) is 63.6 Å². The maximum atomic E-state index is 14.1. The first-order valence-electron chi connectivity index (χ1n) is 13.6. The summed E-state index contributed by atoms with van der Waals surface area (Å²) < 4.78 is 4.88. The molecule has 4 nitrogen and oxygen atoms in total. The van der Waals surface area contributed by atoms with Gasteiger partial charge in [-0.05, 0) is 98.7 Å². The Bertz CT molecular complexity index is 689. The molecular weight excluding hydrogens is 400 g/mol. The fourth-order valence-corrected chi connectivity index (χ4v) is 9.10. The quantitative estimate of drug-likeness (QED) is 0.542. The molecule has 1 N–H and O–H groups in total. The Morgan fingerprint density at radius 3 is 2.59 bits per heavy atom. The number of carbonyl (C=O) groups is 2. The second kappa shape index (κ2) is 9.76. The van der Waals surface area contributed by atoms with Crippen molar-refractivity contribution in [3.8, 4) is 0 Å². The summed E-state index contributed by atoms with van der Waals surface area (Å²) in [7, 11) is 1.48. The van der Waals surface area contributed by atoms with Gasteiger partial charge in [-0.1, -0.05) is 33.6 Å². The minimum absolute atomic E-state index is 0.101. The highest BCUT2D eigenvalue weighted by Crippen LogP contribution is 2.63. The van der Waals surface area contributed by atoms with Crippen molar-refractivity contribution in [3.63, 3.8) is 0 Å². The summed E-state index contributed by atoms with van der Waals surface area (Å²) in [6.45, 7) is 7.00. The van der Waals surface area contributed by atoms with Gasteiger partial charge in [-0.3, -0.25) is 9.59 Å². The predicted molar refractivity (Wildman–Crippen MR) is 126 cm³/mol. The molecule has 0 bridgehead atoms. The molecule has 0 aromatic carbocycles. The fraction of sp³-hybridized carbons (Fsp3) is 0.929. The normalized spacial score (nSPS) is 45.1. The van der Waals surface area contributed by atoms with Crippen LogP contribution in [0.5, 0.6) is 0 Å². The van der Waals surface area contributed by atoms with E-state index >= 15 is 0 Å². The van der Waals surface area contributed by atoms with Crippen LogP contribution in [-0.4, -0.2) is 30.1 Å². The number of ketones is 1. The van der Waals surface area contributed by atoms with Crippen LogP contribution in [0.3, 0.4) is 0 Å². The van der Waals surface area contributed by atoms with Gasteiger partial charge in [0.15, 0.2) is 0 Å². The van der Waals surface area contributed by atoms with Crippen molar-refractivity contribution < 1.29 is 19.4 Å². The smallest absolute Gasteiger partial charge is 0.305 e. The maximum Gasteiger partial charge on any atom is 0.305 e. The molecule has 0 saturated heterocycles. The molecule has 0 heterocycles. The third-order valence-electron chi connectivity index (χ3n) is 10.7. The van der Waals surface area contributed by atoms with Crippen LogP contribution in [0.2, 0.25) is 0 Å². The lowest BCUT2D eigenvalue weighted by Crippen LogP contribution is -2.58. The number of rotatable bonds is 5. The van der Waals surface area contributed by atoms with Crippen LogP contribution in [0.1, 0.15) is 97.8 Å². The Labute approximate surface area is 195 Å². The summed E-state index contributed by atoms with van der Waals surface area (Å²) in [6, 6.07) is 0. The van der Waals surface area contributed by atoms with E-state index in [-0.39, 0.29) is 29.3 Å². The molecule has 4 aliphatic carbocycles. The molecule has 4 saturated carbocycles. The Hall–Kier alpha value is -0.900. The minimum Gasteiger partial charge on any atom is -0.469 e. The average molecular weight is 447 g/mol. The van der Waals surface area contributed by atoms with Gasteiger partial charge in [0.2, 0.25) is 0 Å². The second-order valence-corrected chi connectivity index (χ2v) is 12.0. The van der Waals surface area contributed by atoms with Crippen LogP contribution < -0.4 is 0 Å². The third-order valence-corrected chi connectivity index (χ3v) is 10.7. The van der Waals surface area contributed by atoms with Crippen LogP contribution in [0.15, 0.2) is 0 Å². The molecule has 0 amide bonds. The zero-order valence-corrected chi connectivity index (χ0v) is 20.9. The van der Waals surface area contributed by atoms with Gasteiger partial charge in [0.25, 0.3) is 0 Å². The molecule has 0 aromatic rings. The van der Waals surface area contributed by atoms with Crippen LogP contribution >= 0.6 is 0 Å². The summed E-state index contributed by atoms with van der Waals surface area (Å²) in [5.74, 6) is 3.96. The highest BCUT2D eigenvalue weighted by atomic mass is 16.5. The van der Waals surface area contributed by atoms with Crippen LogP contribution in [0, 0.1) is 52.8 Å². The number of hydrogen-bond donors (Lipinski definition) is 1. The van der Waals surface area contributed by atoms with Gasteiger partial charge in [-0.15, -0.1) is 0 Å². The molecule has 4 aliphatic rings. The van der Waals surface area contributed by atoms with Gasteiger partial charge < -0.3 is 9.84 Å². The van der Waals surface area contributed by atoms with Gasteiger partial charge in [0.05, 0.1) is 13.2 Å². The molecule has 10 atom stereocenters. The minimum atomic E-state index is -0.223. The van der Waals surface area contributed by atoms with Crippen molar-refractivity contribution in [2.45, 2.75) is 104 Å². The second-order valence-electron chi connectivity index (χ2n) is 12.0. The van der Waals surface area contributed by atoms with E-state index in [2.05, 4.69) is 20.8 Å². The van der Waals surface area contributed by atoms with Crippen molar-refractivity contribution in [1.29, 1.82) is 0 Å². The summed E-state index contributed by atoms with van der Waals surface area (Å²) in [5.41, 5.74) is 0.203. The van der Waals surface area contributed by atoms with E-state index in [1.807, 2.05) is 0 Å². The van der Waals surface area contributed by atoms with E-state index in [0.29, 0.717) is 47.7 Å². The maximum absolute atomic E-state index is 14.1. The van der Waals surface area contributed by atoms with Crippen molar-refractivity contribution in [3.05, 3.63) is 0 Å². The van der Waals surface area contributed by atoms with E-state index in [4.69, 9.17) is 4.74 Å². The molecular formula is C28H46O4. The van der Waals surface area contributed by atoms with Gasteiger partial charge in [-0.25, -0.2) is 0 Å². The van der Waals surface area contributed by atoms with Crippen LogP contribution in [-0.2, 0) is 14.3 Å². The van der Waals surface area contributed by atoms with Gasteiger partial charge in [0, 0.05) is 18.3 Å². The van der Waals surface area contributed by atoms with Crippen molar-refractivity contribution in [2.75, 3.05) is 7.11 Å². The molecule has 5 unspecified atom stereocenters. The third kappa shape index (κ3) is 4.18. The monoisotopic (exact) mass is 446 g/mol. The number of aliphatic hydroxyl groups excluding tert-OH is 1. The van der Waals surface area contributed by atoms with Gasteiger partial charge in [-0.2, -0.15) is 0 Å². The number of aliphatic hydroxyl groups is 1. The Balaban J connectivity index is 1.60. The van der Waals surface area contributed by atoms with E-state index < -0.39 is 0 Å². The van der Waals surface area contributed by atoms with E-state index in [9.17, 15) is 14.7 Å². The molecule has 4 fully saturated rings. The van der Waals surface area contributed by atoms with E-state index in [1.165, 1.54) is 45.6 Å². The first-order valence-corrected chi connectivity index (χ1v) is 13.6. The summed E-state index contributed by atoms with van der Waals surface area (Å²) in [5, 5.41) is 10.5. The first kappa shape index (κ1) is 24.2. The zero-order valence-electron chi connectivity index (χ0n) is 20.9. The fourth-order valence-electron chi connectivity index (χ4n) is 9.10. The zero-order chi connectivity index (χ0) is 23.0. The first-order chi connectivity index (χ1) is 15.3. The number of esters is 1. The molecule has 4 heteroatoms. The number of carbonyl (C=O) groups excluding carboxylic acids is 2. The standard InChI is InChI=1S/C28H46O4/c1-5-19-24-16-18(29)14-15-28(24,3)23-9-7-6-8-21-20(17(2)10-13-25(30)32-4)11-12-22(21)26(23)27(19)31/h17-24,26,29H,5-16H2,1-4H3/t17-,18-,19-,20?,21+,22?,23?,24?,26?,28-/m1/s1. The molecule has 4 rings (SSSR count). The largest absolute Gasteiger partial charge is 0.469 e. The van der Waals surface area contributed by atoms with Gasteiger partial charge >= 0.3 is 5.97 Å². The Morgan fingerprint density at radius 1 is 1.12 bits per heavy atom. The van der Waals surface area contributed by atoms with Crippen molar-refractivity contribution in [1.82, 2.24) is 0 Å². The highest BCUT2D eigenvalue weighted by Gasteiger charge is 2.60. The van der Waals surface area contributed by atoms with Crippen molar-refractivity contribution >= 4 is 11.8 Å². The number of methoxy groups -OCH3 is 1. The number of ether oxygens (including phenoxy) is 1. The number of fused-ring (bicyclic) bond motifs is 5. The molecule has 0 aliphatic heterocycles. The molecule has 0 spiro atoms. The SMILES string of the molecule is CC[C@H]1C(=O)C2C3CCC([C@H](C)CCC(=O)OC)[C@@H]3CCCCC2[C@@]2(C)CC[C@@H](O)CC12. The molecule has 182 valence electrons. The lowest BCUT2D eigenvalue weighted by atomic mass is 9.45. The lowest BCUT2D eigenvalue weighted by Gasteiger charge is -2.59. The van der Waals surface area contributed by atoms with Crippen LogP contribution in [0.25, 0.3) is 0 Å². The van der Waals surface area contributed by atoms with E-state index in [1.54, 1.807) is 0 Å². The van der Waals surface area contributed by atoms with Crippen LogP contribution in [0.4, 0.5) is 0 Å². The number of hydrogen-bond acceptors (Lipinski definition) is 4. The Kier molecular flexibility index (Phi) is 7.39. The van der Waals surface area contributed by atoms with Crippen molar-refractivity contribution in [2.24, 2.45) is 52.8 Å². The van der Waals surface area contributed by atoms with Gasteiger partial charge in [0.1, 0.15) is 5.78 Å². The molecule has 0 radical (unpaired) electrons. The average Bonchev–Trinajstić information content (AvgIpc) is 3.16. The van der Waals surface area contributed by atoms with E-state index in [0.717, 1.165) is 32.1 Å². The molecule has 0 aromatic heterocycles. The Morgan fingerprint density at radius 2 is 1.88 bits per heavy atom. The predicted octanol–water partition coefficient (Wildman–Crippen LogP) is 5.80.